The molecule has 0 fully saturated rings. The summed E-state index contributed by atoms with van der Waals surface area (Å²) in [6, 6.07) is 30.6. The van der Waals surface area contributed by atoms with Gasteiger partial charge in [0.1, 0.15) is 40.9 Å². The number of aromatic carboxylic acids is 1. The van der Waals surface area contributed by atoms with Crippen LogP contribution in [0.15, 0.2) is 109 Å². The topological polar surface area (TPSA) is 690 Å². The minimum atomic E-state index is -2.49. The molecule has 0 aromatic heterocycles. The van der Waals surface area contributed by atoms with Gasteiger partial charge in [0.25, 0.3) is 0 Å². The van der Waals surface area contributed by atoms with E-state index in [4.69, 9.17) is 99.6 Å². The van der Waals surface area contributed by atoms with Crippen LogP contribution in [0.25, 0.3) is 0 Å². The molecule has 634 valence electrons. The molecule has 3 aromatic rings. The van der Waals surface area contributed by atoms with E-state index < -0.39 is 132 Å². The first-order chi connectivity index (χ1) is 53.1. The zero-order chi connectivity index (χ0) is 90.6. The molecule has 0 aliphatic carbocycles. The van der Waals surface area contributed by atoms with Crippen molar-refractivity contribution in [2.75, 3.05) is 0 Å². The molecule has 4 atom stereocenters. The van der Waals surface area contributed by atoms with Crippen molar-refractivity contribution in [3.63, 3.8) is 0 Å². The predicted octanol–water partition coefficient (Wildman–Crippen LogP) is 7.64. The van der Waals surface area contributed by atoms with Crippen molar-refractivity contribution in [1.82, 2.24) is 0 Å². The predicted molar refractivity (Wildman–Crippen MR) is 388 cm³/mol. The van der Waals surface area contributed by atoms with Crippen LogP contribution < -0.4 is 0 Å². The first-order valence-electron chi connectivity index (χ1n) is 33.7. The van der Waals surface area contributed by atoms with Gasteiger partial charge < -0.3 is 80.8 Å². The molecule has 4 unspecified atom stereocenters. The van der Waals surface area contributed by atoms with Gasteiger partial charge >= 0.3 is 90.3 Å². The van der Waals surface area contributed by atoms with E-state index in [0.29, 0.717) is 24.5 Å². The summed E-state index contributed by atoms with van der Waals surface area (Å²) in [6.45, 7) is 9.85. The third kappa shape index (κ3) is 110. The number of carboxylic acid groups (broad SMARTS) is 11. The molecule has 0 aliphatic rings. The standard InChI is InChI=1S/C13H24O3.C11H20O3.2C7H10O6.C7H10O5.C7H8O5.C7H6O2.C7H8.C6H6.4CO2/c1-12(14)10-8-6-4-2-3-5-7-9-11-13(15)16;1-10(12)8-6-4-2-3-5-7-9-11(13)14;1-4(8)2-7(13,6(11)12)3-5(9)10;1-3(8)6(11)4(7(12)13)2-5(9)10;2*1-4(8)2-5(7(11)12)3-6(9)10;8-7(9)6-4-2-1-3-5-6;1-7-5-3-2-4-6-7;1-2-4-6-5-3-1;4*2-1-3/h2-11H2,1H3,(H,15,16);2-9H2,1H3,(H,13,14);13H,2-3H2,1H3,(H,9,10)(H,11,12);4,6,11H,2H2,1H3,(H,9,10)(H,12,13);5H,2-3H2,1H3,(H,9,10)(H,11,12);3H,2H2,1H3,(H,9,10)(H,11,12);1-5H,(H,8,9);2-6H,1H3;1-6H;;;;/b;;;;;5-3-;;;;;;;. The van der Waals surface area contributed by atoms with Crippen LogP contribution in [0.3, 0.4) is 0 Å². The highest BCUT2D eigenvalue weighted by Gasteiger charge is 2.39. The first-order valence-corrected chi connectivity index (χ1v) is 33.7. The number of carbonyl (C=O) groups is 17. The van der Waals surface area contributed by atoms with Crippen LogP contribution in [0.5, 0.6) is 0 Å². The molecule has 0 heterocycles. The lowest BCUT2D eigenvalue weighted by Gasteiger charge is -2.19. The number of hydrogen-bond donors (Lipinski definition) is 13. The zero-order valence-electron chi connectivity index (χ0n) is 64.0. The summed E-state index contributed by atoms with van der Waals surface area (Å²) in [5.74, 6) is -17.7. The Balaban J connectivity index is -0.000000132. The van der Waals surface area contributed by atoms with Gasteiger partial charge in [0.2, 0.25) is 0 Å². The molecule has 3 aromatic carbocycles. The number of aliphatic carboxylic acids is 10. The van der Waals surface area contributed by atoms with Gasteiger partial charge in [-0.15, -0.1) is 0 Å². The molecule has 0 radical (unpaired) electrons. The molecule has 38 heteroatoms. The summed E-state index contributed by atoms with van der Waals surface area (Å²) >= 11 is 0. The average Bonchev–Trinajstić information content (AvgIpc) is 0.871. The Morgan fingerprint density at radius 1 is 0.368 bits per heavy atom. The summed E-state index contributed by atoms with van der Waals surface area (Å²) in [7, 11) is 0. The van der Waals surface area contributed by atoms with E-state index >= 15 is 0 Å². The van der Waals surface area contributed by atoms with E-state index in [0.717, 1.165) is 90.9 Å². The molecule has 3 rings (SSSR count). The van der Waals surface area contributed by atoms with Gasteiger partial charge in [-0.3, -0.25) is 47.9 Å². The summed E-state index contributed by atoms with van der Waals surface area (Å²) in [5.41, 5.74) is -1.24. The summed E-state index contributed by atoms with van der Waals surface area (Å²) in [5, 5.41) is 110. The van der Waals surface area contributed by atoms with Crippen LogP contribution in [0, 0.1) is 18.8 Å². The number of ketones is 6. The molecule has 13 N–H and O–H groups in total. The Morgan fingerprint density at radius 2 is 0.684 bits per heavy atom. The smallest absolute Gasteiger partial charge is 0.373 e. The van der Waals surface area contributed by atoms with Gasteiger partial charge in [-0.2, -0.15) is 38.4 Å². The largest absolute Gasteiger partial charge is 0.481 e. The van der Waals surface area contributed by atoms with Gasteiger partial charge in [-0.25, -0.2) is 19.2 Å². The fourth-order valence-electron chi connectivity index (χ4n) is 7.66. The lowest BCUT2D eigenvalue weighted by atomic mass is 9.94. The molecule has 38 nitrogen and oxygen atoms in total. The Hall–Kier alpha value is -13.0. The van der Waals surface area contributed by atoms with Gasteiger partial charge in [-0.05, 0) is 86.3 Å². The molecule has 0 saturated heterocycles. The van der Waals surface area contributed by atoms with E-state index in [2.05, 4.69) is 19.1 Å². The fourth-order valence-corrected chi connectivity index (χ4v) is 7.66. The molecule has 0 bridgehead atoms. The lowest BCUT2D eigenvalue weighted by molar-refractivity contribution is -0.193. The second kappa shape index (κ2) is 85.6. The second-order valence-corrected chi connectivity index (χ2v) is 23.1. The summed E-state index contributed by atoms with van der Waals surface area (Å²) in [4.78, 5) is 241. The van der Waals surface area contributed by atoms with Crippen LogP contribution in [0.1, 0.15) is 212 Å². The maximum Gasteiger partial charge on any atom is 0.373 e. The van der Waals surface area contributed by atoms with Crippen LogP contribution >= 0.6 is 0 Å². The van der Waals surface area contributed by atoms with E-state index in [9.17, 15) is 86.6 Å². The minimum absolute atomic E-state index is 0.221. The number of hydrogen-bond acceptors (Lipinski definition) is 27. The molecule has 0 spiro atoms. The molecular weight excluding hydrogens is 1520 g/mol. The number of Topliss-reactive ketones (excluding diaryl/α,β-unsaturated/α-hetero) is 6. The highest BCUT2D eigenvalue weighted by Crippen LogP contribution is 2.17. The fraction of sp³-hybridized carbons (Fsp3) is 0.461. The van der Waals surface area contributed by atoms with Crippen molar-refractivity contribution in [3.8, 4) is 0 Å². The quantitative estimate of drug-likeness (QED) is 0.0192. The normalized spacial score (nSPS) is 10.4. The number of benzene rings is 3. The zero-order valence-corrected chi connectivity index (χ0v) is 64.0. The third-order valence-corrected chi connectivity index (χ3v) is 12.7. The monoisotopic (exact) mass is 1620 g/mol. The highest BCUT2D eigenvalue weighted by atomic mass is 16.4. The van der Waals surface area contributed by atoms with Crippen molar-refractivity contribution >= 4 is 125 Å². The van der Waals surface area contributed by atoms with Crippen molar-refractivity contribution < 1.29 is 186 Å². The number of unbranched alkanes of at least 4 members (excludes halogenated alkanes) is 12. The van der Waals surface area contributed by atoms with Gasteiger partial charge in [0.05, 0.1) is 36.3 Å². The Labute approximate surface area is 654 Å². The van der Waals surface area contributed by atoms with Crippen LogP contribution in [-0.2, 0) is 115 Å². The lowest BCUT2D eigenvalue weighted by Crippen LogP contribution is -2.42. The highest BCUT2D eigenvalue weighted by molar-refractivity contribution is 5.99. The number of aliphatic hydroxyl groups excluding tert-OH is 1. The molecule has 114 heavy (non-hydrogen) atoms. The molecular formula is C76H102O38. The number of aliphatic hydroxyl groups is 2. The molecule has 0 aliphatic heterocycles. The van der Waals surface area contributed by atoms with Crippen LogP contribution in [-0.4, -0.2) is 203 Å². The summed E-state index contributed by atoms with van der Waals surface area (Å²) < 4.78 is 0. The number of carbonyl (C=O) groups excluding carboxylic acids is 14. The van der Waals surface area contributed by atoms with E-state index in [1.54, 1.807) is 44.2 Å². The average molecular weight is 1620 g/mol. The summed E-state index contributed by atoms with van der Waals surface area (Å²) in [6.07, 6.45) is 13.0. The van der Waals surface area contributed by atoms with Gasteiger partial charge in [-0.1, -0.05) is 155 Å². The van der Waals surface area contributed by atoms with Crippen molar-refractivity contribution in [2.24, 2.45) is 11.8 Å². The minimum Gasteiger partial charge on any atom is -0.481 e. The van der Waals surface area contributed by atoms with Crippen LogP contribution in [0.4, 0.5) is 0 Å². The maximum absolute atomic E-state index is 10.7. The van der Waals surface area contributed by atoms with E-state index in [1.807, 2.05) is 54.6 Å². The third-order valence-electron chi connectivity index (χ3n) is 12.7. The Bertz CT molecular complexity index is 3300. The van der Waals surface area contributed by atoms with E-state index in [1.165, 1.54) is 38.7 Å². The maximum atomic E-state index is 10.7. The Kier molecular flexibility index (Phi) is 91.6. The van der Waals surface area contributed by atoms with Gasteiger partial charge in [0.15, 0.2) is 11.4 Å². The van der Waals surface area contributed by atoms with Crippen molar-refractivity contribution in [2.45, 2.75) is 214 Å². The number of aryl methyl sites for hydroxylation is 1. The Morgan fingerprint density at radius 3 is 0.886 bits per heavy atom. The van der Waals surface area contributed by atoms with E-state index in [-0.39, 0.29) is 67.0 Å². The molecule has 0 amide bonds. The molecule has 0 saturated carbocycles. The van der Waals surface area contributed by atoms with Crippen molar-refractivity contribution in [1.29, 1.82) is 0 Å². The van der Waals surface area contributed by atoms with Crippen molar-refractivity contribution in [3.05, 3.63) is 120 Å². The van der Waals surface area contributed by atoms with Gasteiger partial charge in [0, 0.05) is 51.0 Å². The second-order valence-electron chi connectivity index (χ2n) is 23.1. The SMILES string of the molecule is CC(=O)C(O)C(CC(=O)O)C(=O)O.CC(=O)C/C(=C/C(=O)O)C(=O)O.CC(=O)CC(CC(=O)O)C(=O)O.CC(=O)CC(O)(CC(=O)O)C(=O)O.CC(=O)CCCCCCCCC(=O)O.CC(=O)CCCCCCCCCCC(=O)O.Cc1ccccc1.O=C(O)c1ccccc1.O=C=O.O=C=O.O=C=O.O=C=O.c1ccccc1. The number of carboxylic acids is 11. The first kappa shape index (κ1) is 122. The van der Waals surface area contributed by atoms with Crippen LogP contribution in [0.2, 0.25) is 0 Å². The number of rotatable bonds is 40.